The number of methoxy groups -OCH3 is 1. The molecule has 4 nitrogen and oxygen atoms in total. The summed E-state index contributed by atoms with van der Waals surface area (Å²) in [5, 5.41) is 4.12. The van der Waals surface area contributed by atoms with Crippen molar-refractivity contribution in [2.24, 2.45) is 0 Å². The zero-order valence-corrected chi connectivity index (χ0v) is 15.2. The zero-order chi connectivity index (χ0) is 17.4. The molecule has 0 aliphatic carbocycles. The number of halogens is 1. The molecule has 0 spiro atoms. The lowest BCUT2D eigenvalue weighted by atomic mass is 10.1. The predicted molar refractivity (Wildman–Crippen MR) is 98.7 cm³/mol. The fourth-order valence-electron chi connectivity index (χ4n) is 2.27. The molecule has 0 saturated heterocycles. The van der Waals surface area contributed by atoms with Gasteiger partial charge in [0.15, 0.2) is 0 Å². The Morgan fingerprint density at radius 3 is 2.12 bits per heavy atom. The Kier molecular flexibility index (Phi) is 7.22. The van der Waals surface area contributed by atoms with E-state index in [2.05, 4.69) is 5.32 Å². The van der Waals surface area contributed by atoms with Gasteiger partial charge in [-0.2, -0.15) is 0 Å². The number of hydrogen-bond donors (Lipinski definition) is 1. The van der Waals surface area contributed by atoms with Gasteiger partial charge in [-0.1, -0.05) is 11.6 Å². The number of hydrogen-bond acceptors (Lipinski definition) is 4. The lowest BCUT2D eigenvalue weighted by Crippen LogP contribution is -2.11. The largest absolute Gasteiger partial charge is 0.492 e. The van der Waals surface area contributed by atoms with E-state index < -0.39 is 0 Å². The van der Waals surface area contributed by atoms with Crippen molar-refractivity contribution < 1.29 is 14.2 Å². The smallest absolute Gasteiger partial charge is 0.120 e. The maximum Gasteiger partial charge on any atom is 0.120 e. The highest BCUT2D eigenvalue weighted by Gasteiger charge is 2.03. The van der Waals surface area contributed by atoms with Gasteiger partial charge >= 0.3 is 0 Å². The average Bonchev–Trinajstić information content (AvgIpc) is 2.58. The Bertz CT molecular complexity index is 621. The summed E-state index contributed by atoms with van der Waals surface area (Å²) in [7, 11) is 1.66. The Morgan fingerprint density at radius 2 is 1.50 bits per heavy atom. The van der Waals surface area contributed by atoms with Gasteiger partial charge in [-0.3, -0.25) is 0 Å². The summed E-state index contributed by atoms with van der Waals surface area (Å²) in [5.74, 6) is 1.68. The fourth-order valence-corrected chi connectivity index (χ4v) is 2.37. The van der Waals surface area contributed by atoms with Crippen molar-refractivity contribution in [1.82, 2.24) is 0 Å². The van der Waals surface area contributed by atoms with E-state index in [1.54, 1.807) is 7.11 Å². The van der Waals surface area contributed by atoms with Gasteiger partial charge in [0, 0.05) is 24.4 Å². The summed E-state index contributed by atoms with van der Waals surface area (Å²) in [6.07, 6.45) is 0. The number of anilines is 1. The van der Waals surface area contributed by atoms with E-state index in [9.17, 15) is 0 Å². The molecule has 0 aliphatic rings. The van der Waals surface area contributed by atoms with Crippen LogP contribution in [0.25, 0.3) is 0 Å². The van der Waals surface area contributed by atoms with Crippen molar-refractivity contribution in [3.63, 3.8) is 0 Å². The molecule has 2 aromatic carbocycles. The van der Waals surface area contributed by atoms with Crippen LogP contribution in [-0.4, -0.2) is 33.5 Å². The van der Waals surface area contributed by atoms with E-state index in [1.807, 2.05) is 50.2 Å². The van der Waals surface area contributed by atoms with E-state index in [4.69, 9.17) is 25.8 Å². The van der Waals surface area contributed by atoms with Crippen LogP contribution in [0.1, 0.15) is 11.1 Å². The first-order valence-corrected chi connectivity index (χ1v) is 8.33. The van der Waals surface area contributed by atoms with Crippen molar-refractivity contribution in [2.75, 3.05) is 38.8 Å². The van der Waals surface area contributed by atoms with Crippen molar-refractivity contribution in [2.45, 2.75) is 13.8 Å². The van der Waals surface area contributed by atoms with Crippen LogP contribution in [0, 0.1) is 13.8 Å². The third-order valence-corrected chi connectivity index (χ3v) is 4.12. The van der Waals surface area contributed by atoms with Gasteiger partial charge in [-0.25, -0.2) is 0 Å². The minimum Gasteiger partial charge on any atom is -0.492 e. The second-order valence-electron chi connectivity index (χ2n) is 5.51. The van der Waals surface area contributed by atoms with Crippen molar-refractivity contribution in [3.05, 3.63) is 52.5 Å². The minimum absolute atomic E-state index is 0.553. The van der Waals surface area contributed by atoms with Crippen LogP contribution in [0.2, 0.25) is 5.02 Å². The van der Waals surface area contributed by atoms with Gasteiger partial charge in [0.1, 0.15) is 24.7 Å². The second kappa shape index (κ2) is 9.40. The fraction of sp³-hybridized carbons (Fsp3) is 0.368. The van der Waals surface area contributed by atoms with Gasteiger partial charge in [0.2, 0.25) is 0 Å². The van der Waals surface area contributed by atoms with Crippen molar-refractivity contribution in [1.29, 1.82) is 0 Å². The molecule has 0 fully saturated rings. The van der Waals surface area contributed by atoms with Gasteiger partial charge in [0.05, 0.1) is 6.61 Å². The first-order valence-electron chi connectivity index (χ1n) is 7.95. The van der Waals surface area contributed by atoms with Gasteiger partial charge in [-0.15, -0.1) is 0 Å². The molecule has 0 saturated carbocycles. The van der Waals surface area contributed by atoms with Crippen molar-refractivity contribution in [3.8, 4) is 11.5 Å². The third kappa shape index (κ3) is 5.62. The molecular weight excluding hydrogens is 326 g/mol. The highest BCUT2D eigenvalue weighted by Crippen LogP contribution is 2.25. The standard InChI is InChI=1S/C19H24ClNO3/c1-14-12-18(13-15(2)19(14)20)23-9-8-21-16-4-6-17(7-5-16)24-11-10-22-3/h4-7,12-13,21H,8-11H2,1-3H3. The maximum atomic E-state index is 6.16. The van der Waals surface area contributed by atoms with Gasteiger partial charge in [0.25, 0.3) is 0 Å². The van der Waals surface area contributed by atoms with Crippen LogP contribution in [-0.2, 0) is 4.74 Å². The molecule has 130 valence electrons. The van der Waals surface area contributed by atoms with Crippen LogP contribution < -0.4 is 14.8 Å². The van der Waals surface area contributed by atoms with E-state index in [0.717, 1.165) is 33.3 Å². The second-order valence-corrected chi connectivity index (χ2v) is 5.89. The summed E-state index contributed by atoms with van der Waals surface area (Å²) in [6, 6.07) is 11.8. The number of benzene rings is 2. The minimum atomic E-state index is 0.553. The van der Waals surface area contributed by atoms with E-state index >= 15 is 0 Å². The molecule has 24 heavy (non-hydrogen) atoms. The predicted octanol–water partition coefficient (Wildman–Crippen LogP) is 4.47. The molecule has 5 heteroatoms. The number of nitrogens with one attached hydrogen (secondary N) is 1. The quantitative estimate of drug-likeness (QED) is 0.678. The third-order valence-electron chi connectivity index (χ3n) is 3.52. The molecule has 0 aromatic heterocycles. The molecule has 0 aliphatic heterocycles. The van der Waals surface area contributed by atoms with Gasteiger partial charge < -0.3 is 19.5 Å². The Balaban J connectivity index is 1.74. The first-order chi connectivity index (χ1) is 11.6. The molecular formula is C19H24ClNO3. The summed E-state index contributed by atoms with van der Waals surface area (Å²) in [5.41, 5.74) is 3.09. The molecule has 0 atom stereocenters. The number of rotatable bonds is 9. The molecule has 1 N–H and O–H groups in total. The Hall–Kier alpha value is -1.91. The van der Waals surface area contributed by atoms with Crippen molar-refractivity contribution >= 4 is 17.3 Å². The van der Waals surface area contributed by atoms with Crippen LogP contribution >= 0.6 is 11.6 Å². The monoisotopic (exact) mass is 349 g/mol. The molecule has 2 rings (SSSR count). The highest BCUT2D eigenvalue weighted by atomic mass is 35.5. The summed E-state index contributed by atoms with van der Waals surface area (Å²) in [6.45, 7) is 6.39. The Morgan fingerprint density at radius 1 is 0.875 bits per heavy atom. The summed E-state index contributed by atoms with van der Waals surface area (Å²) >= 11 is 6.16. The van der Waals surface area contributed by atoms with Crippen LogP contribution in [0.3, 0.4) is 0 Å². The molecule has 2 aromatic rings. The lowest BCUT2D eigenvalue weighted by molar-refractivity contribution is 0.146. The summed E-state index contributed by atoms with van der Waals surface area (Å²) < 4.78 is 16.3. The zero-order valence-electron chi connectivity index (χ0n) is 14.4. The summed E-state index contributed by atoms with van der Waals surface area (Å²) in [4.78, 5) is 0. The maximum absolute atomic E-state index is 6.16. The normalized spacial score (nSPS) is 10.5. The molecule has 0 bridgehead atoms. The molecule has 0 unspecified atom stereocenters. The highest BCUT2D eigenvalue weighted by molar-refractivity contribution is 6.32. The molecule has 0 heterocycles. The van der Waals surface area contributed by atoms with Crippen LogP contribution in [0.4, 0.5) is 5.69 Å². The van der Waals surface area contributed by atoms with Crippen LogP contribution in [0.5, 0.6) is 11.5 Å². The average molecular weight is 350 g/mol. The van der Waals surface area contributed by atoms with E-state index in [-0.39, 0.29) is 0 Å². The molecule has 0 radical (unpaired) electrons. The Labute approximate surface area is 148 Å². The topological polar surface area (TPSA) is 39.7 Å². The SMILES string of the molecule is COCCOc1ccc(NCCOc2cc(C)c(Cl)c(C)c2)cc1. The number of ether oxygens (including phenoxy) is 3. The number of aryl methyl sites for hydroxylation is 2. The first kappa shape index (κ1) is 18.4. The van der Waals surface area contributed by atoms with E-state index in [0.29, 0.717) is 26.4 Å². The van der Waals surface area contributed by atoms with Crippen LogP contribution in [0.15, 0.2) is 36.4 Å². The van der Waals surface area contributed by atoms with Gasteiger partial charge in [-0.05, 0) is 61.4 Å². The molecule has 0 amide bonds. The lowest BCUT2D eigenvalue weighted by Gasteiger charge is -2.11. The van der Waals surface area contributed by atoms with E-state index in [1.165, 1.54) is 0 Å².